The lowest BCUT2D eigenvalue weighted by Crippen LogP contribution is -2.20. The topological polar surface area (TPSA) is 91.3 Å². The fourth-order valence-corrected chi connectivity index (χ4v) is 7.09. The first-order chi connectivity index (χ1) is 15.6. The van der Waals surface area contributed by atoms with Crippen LogP contribution in [0.15, 0.2) is 23.1 Å². The summed E-state index contributed by atoms with van der Waals surface area (Å²) in [5.41, 5.74) is 0.512. The molecule has 0 saturated heterocycles. The summed E-state index contributed by atoms with van der Waals surface area (Å²) in [6.45, 7) is 0.829. The van der Waals surface area contributed by atoms with E-state index in [9.17, 15) is 9.59 Å². The Kier molecular flexibility index (Phi) is 6.74. The van der Waals surface area contributed by atoms with Gasteiger partial charge in [-0.15, -0.1) is 4.33 Å². The molecule has 174 valence electrons. The van der Waals surface area contributed by atoms with E-state index in [1.807, 2.05) is 0 Å². The van der Waals surface area contributed by atoms with E-state index in [1.54, 1.807) is 12.1 Å². The molecule has 7 nitrogen and oxygen atoms in total. The van der Waals surface area contributed by atoms with Gasteiger partial charge in [0.25, 0.3) is 0 Å². The summed E-state index contributed by atoms with van der Waals surface area (Å²) in [5, 5.41) is 12.1. The average molecular weight is 463 g/mol. The van der Waals surface area contributed by atoms with Crippen molar-refractivity contribution in [1.82, 2.24) is 0 Å². The Hall–Kier alpha value is -1.61. The van der Waals surface area contributed by atoms with Gasteiger partial charge in [-0.25, -0.2) is 14.8 Å². The molecule has 1 aromatic carbocycles. The van der Waals surface area contributed by atoms with Crippen LogP contribution in [-0.4, -0.2) is 30.4 Å². The number of fused-ring (bicyclic) bond motifs is 4. The molecule has 4 aliphatic rings. The molecule has 6 unspecified atom stereocenters. The third kappa shape index (κ3) is 4.83. The molecule has 32 heavy (non-hydrogen) atoms. The first kappa shape index (κ1) is 22.2. The van der Waals surface area contributed by atoms with E-state index < -0.39 is 11.9 Å². The van der Waals surface area contributed by atoms with Gasteiger partial charge in [-0.2, -0.15) is 0 Å². The van der Waals surface area contributed by atoms with Gasteiger partial charge in [-0.1, -0.05) is 17.9 Å². The van der Waals surface area contributed by atoms with Crippen molar-refractivity contribution in [2.24, 2.45) is 35.5 Å². The fourth-order valence-electron chi connectivity index (χ4n) is 6.63. The number of carbonyl (C=O) groups excluding carboxylic acids is 2. The van der Waals surface area contributed by atoms with Crippen LogP contribution in [0, 0.1) is 35.5 Å². The Balaban J connectivity index is 1.22. The third-order valence-corrected chi connectivity index (χ3v) is 8.72. The number of esters is 2. The number of hydrogen-bond donors (Lipinski definition) is 1. The number of benzene rings is 1. The summed E-state index contributed by atoms with van der Waals surface area (Å²) in [7, 11) is 0. The van der Waals surface area contributed by atoms with Crippen molar-refractivity contribution in [1.29, 1.82) is 0 Å². The van der Waals surface area contributed by atoms with Crippen LogP contribution in [0.3, 0.4) is 0 Å². The van der Waals surface area contributed by atoms with Gasteiger partial charge in [0.2, 0.25) is 0 Å². The second-order valence-corrected chi connectivity index (χ2v) is 10.8. The van der Waals surface area contributed by atoms with Crippen molar-refractivity contribution in [2.75, 3.05) is 13.2 Å². The minimum atomic E-state index is -0.470. The lowest BCUT2D eigenvalue weighted by Gasteiger charge is -2.21. The zero-order valence-electron chi connectivity index (χ0n) is 18.1. The highest BCUT2D eigenvalue weighted by Gasteiger charge is 2.41. The molecule has 0 spiro atoms. The van der Waals surface area contributed by atoms with E-state index in [0.717, 1.165) is 24.7 Å². The Morgan fingerprint density at radius 1 is 0.812 bits per heavy atom. The Labute approximate surface area is 192 Å². The van der Waals surface area contributed by atoms with Crippen LogP contribution in [0.25, 0.3) is 0 Å². The van der Waals surface area contributed by atoms with Crippen molar-refractivity contribution in [3.05, 3.63) is 29.3 Å². The highest BCUT2D eigenvalue weighted by atomic mass is 32.2. The summed E-state index contributed by atoms with van der Waals surface area (Å²) in [6, 6.07) is 4.62. The van der Waals surface area contributed by atoms with Crippen LogP contribution in [0.4, 0.5) is 0 Å². The lowest BCUT2D eigenvalue weighted by atomic mass is 9.89. The zero-order chi connectivity index (χ0) is 22.1. The molecule has 6 atom stereocenters. The molecule has 0 amide bonds. The smallest absolute Gasteiger partial charge is 0.338 e. The minimum Gasteiger partial charge on any atom is -0.462 e. The highest BCUT2D eigenvalue weighted by Crippen LogP contribution is 2.49. The molecular formula is C24H30O7S. The maximum Gasteiger partial charge on any atom is 0.338 e. The molecule has 0 heterocycles. The summed E-state index contributed by atoms with van der Waals surface area (Å²) < 4.78 is 15.7. The normalized spacial score (nSPS) is 32.4. The van der Waals surface area contributed by atoms with E-state index in [1.165, 1.54) is 44.6 Å². The van der Waals surface area contributed by atoms with Gasteiger partial charge in [0.15, 0.2) is 0 Å². The van der Waals surface area contributed by atoms with Crippen molar-refractivity contribution in [3.8, 4) is 0 Å². The first-order valence-corrected chi connectivity index (χ1v) is 12.5. The largest absolute Gasteiger partial charge is 0.462 e. The summed E-state index contributed by atoms with van der Waals surface area (Å²) in [4.78, 5) is 25.9. The third-order valence-electron chi connectivity index (χ3n) is 8.16. The maximum atomic E-state index is 12.8. The predicted octanol–water partition coefficient (Wildman–Crippen LogP) is 5.30. The van der Waals surface area contributed by atoms with E-state index in [0.29, 0.717) is 53.8 Å². The first-order valence-electron chi connectivity index (χ1n) is 11.7. The molecule has 1 aromatic rings. The van der Waals surface area contributed by atoms with E-state index in [-0.39, 0.29) is 11.1 Å². The van der Waals surface area contributed by atoms with Crippen LogP contribution >= 0.6 is 12.0 Å². The van der Waals surface area contributed by atoms with Crippen LogP contribution < -0.4 is 0 Å². The molecule has 0 aromatic heterocycles. The van der Waals surface area contributed by atoms with E-state index >= 15 is 0 Å². The lowest BCUT2D eigenvalue weighted by molar-refractivity contribution is -0.432. The van der Waals surface area contributed by atoms with Crippen molar-refractivity contribution < 1.29 is 33.7 Å². The Morgan fingerprint density at radius 2 is 1.34 bits per heavy atom. The maximum absolute atomic E-state index is 12.8. The SMILES string of the molecule is O=C(OCC1CC2CCC1C2)c1cc(SOOO)cc(C(=O)OCC2CC3CCC2C3)c1. The second kappa shape index (κ2) is 9.71. The van der Waals surface area contributed by atoms with Crippen molar-refractivity contribution in [3.63, 3.8) is 0 Å². The van der Waals surface area contributed by atoms with E-state index in [4.69, 9.17) is 14.7 Å². The quantitative estimate of drug-likeness (QED) is 0.229. The summed E-state index contributed by atoms with van der Waals surface area (Å²) >= 11 is 0.702. The fraction of sp³-hybridized carbons (Fsp3) is 0.667. The zero-order valence-corrected chi connectivity index (χ0v) is 18.9. The van der Waals surface area contributed by atoms with Gasteiger partial charge in [-0.05, 0) is 92.2 Å². The molecule has 5 rings (SSSR count). The molecule has 4 aliphatic carbocycles. The van der Waals surface area contributed by atoms with Crippen LogP contribution in [0.1, 0.15) is 72.1 Å². The van der Waals surface area contributed by atoms with Gasteiger partial charge in [-0.3, -0.25) is 0 Å². The number of hydrogen-bond acceptors (Lipinski definition) is 8. The van der Waals surface area contributed by atoms with Crippen LogP contribution in [-0.2, 0) is 18.8 Å². The molecule has 1 N–H and O–H groups in total. The molecule has 0 aliphatic heterocycles. The monoisotopic (exact) mass is 462 g/mol. The summed E-state index contributed by atoms with van der Waals surface area (Å²) in [6.07, 6.45) is 9.85. The second-order valence-electron chi connectivity index (χ2n) is 10.0. The van der Waals surface area contributed by atoms with Crippen LogP contribution in [0.5, 0.6) is 0 Å². The molecule has 4 fully saturated rings. The Morgan fingerprint density at radius 3 is 1.75 bits per heavy atom. The molecule has 4 bridgehead atoms. The molecule has 0 radical (unpaired) electrons. The standard InChI is InChI=1S/C24H30O7S/c25-23(28-12-20-7-14-1-3-16(20)5-14)18-9-19(11-22(10-18)32-31-30-27)24(26)29-13-21-8-15-2-4-17(21)6-15/h9-11,14-17,20-21,27H,1-8,12-13H2. The van der Waals surface area contributed by atoms with Gasteiger partial charge >= 0.3 is 11.9 Å². The van der Waals surface area contributed by atoms with Crippen molar-refractivity contribution >= 4 is 24.0 Å². The highest BCUT2D eigenvalue weighted by molar-refractivity contribution is 7.94. The molecule has 4 saturated carbocycles. The van der Waals surface area contributed by atoms with Gasteiger partial charge in [0.1, 0.15) is 0 Å². The predicted molar refractivity (Wildman–Crippen MR) is 116 cm³/mol. The number of ether oxygens (including phenoxy) is 2. The Bertz CT molecular complexity index is 796. The minimum absolute atomic E-state index is 0.256. The van der Waals surface area contributed by atoms with Crippen molar-refractivity contribution in [2.45, 2.75) is 56.3 Å². The molecular weight excluding hydrogens is 432 g/mol. The van der Waals surface area contributed by atoms with Crippen LogP contribution in [0.2, 0.25) is 0 Å². The van der Waals surface area contributed by atoms with Gasteiger partial charge in [0.05, 0.1) is 36.4 Å². The number of carbonyl (C=O) groups is 2. The van der Waals surface area contributed by atoms with E-state index in [2.05, 4.69) is 9.37 Å². The molecule has 8 heteroatoms. The number of rotatable bonds is 9. The average Bonchev–Trinajstić information content (AvgIpc) is 3.61. The summed E-state index contributed by atoms with van der Waals surface area (Å²) in [5.74, 6) is 2.85. The van der Waals surface area contributed by atoms with Gasteiger partial charge < -0.3 is 9.47 Å². The van der Waals surface area contributed by atoms with Gasteiger partial charge in [0, 0.05) is 4.90 Å².